The molecule has 2 rings (SSSR count). The Balaban J connectivity index is 1.88. The molecule has 0 atom stereocenters. The lowest BCUT2D eigenvalue weighted by Gasteiger charge is -2.12. The van der Waals surface area contributed by atoms with Crippen LogP contribution in [0.1, 0.15) is 48.9 Å². The molecular weight excluding hydrogens is 264 g/mol. The third-order valence-electron chi connectivity index (χ3n) is 4.05. The molecule has 21 heavy (non-hydrogen) atoms. The van der Waals surface area contributed by atoms with Gasteiger partial charge in [0.25, 0.3) is 5.91 Å². The van der Waals surface area contributed by atoms with Crippen LogP contribution in [0, 0.1) is 5.92 Å². The Morgan fingerprint density at radius 1 is 1.24 bits per heavy atom. The molecule has 2 amide bonds. The Labute approximate surface area is 126 Å². The maximum absolute atomic E-state index is 12.0. The van der Waals surface area contributed by atoms with Crippen molar-refractivity contribution in [1.29, 1.82) is 0 Å². The van der Waals surface area contributed by atoms with E-state index in [0.29, 0.717) is 17.7 Å². The van der Waals surface area contributed by atoms with Gasteiger partial charge in [0, 0.05) is 31.8 Å². The molecule has 4 nitrogen and oxygen atoms in total. The van der Waals surface area contributed by atoms with Gasteiger partial charge < -0.3 is 10.2 Å². The lowest BCUT2D eigenvalue weighted by molar-refractivity contribution is -0.116. The summed E-state index contributed by atoms with van der Waals surface area (Å²) < 4.78 is 0. The zero-order chi connectivity index (χ0) is 15.2. The highest BCUT2D eigenvalue weighted by molar-refractivity contribution is 5.96. The Morgan fingerprint density at radius 2 is 1.95 bits per heavy atom. The van der Waals surface area contributed by atoms with Crippen LogP contribution >= 0.6 is 0 Å². The summed E-state index contributed by atoms with van der Waals surface area (Å²) in [5, 5.41) is 2.89. The Morgan fingerprint density at radius 3 is 2.62 bits per heavy atom. The van der Waals surface area contributed by atoms with Crippen LogP contribution < -0.4 is 5.32 Å². The van der Waals surface area contributed by atoms with Crippen molar-refractivity contribution in [1.82, 2.24) is 4.90 Å². The van der Waals surface area contributed by atoms with Crippen molar-refractivity contribution in [2.24, 2.45) is 5.92 Å². The number of benzene rings is 1. The van der Waals surface area contributed by atoms with Crippen molar-refractivity contribution in [3.8, 4) is 0 Å². The van der Waals surface area contributed by atoms with E-state index in [0.717, 1.165) is 12.3 Å². The third kappa shape index (κ3) is 4.59. The number of nitrogens with zero attached hydrogens (tertiary/aromatic N) is 1. The fraction of sp³-hybridized carbons (Fsp3) is 0.529. The van der Waals surface area contributed by atoms with Gasteiger partial charge in [0.2, 0.25) is 5.91 Å². The van der Waals surface area contributed by atoms with E-state index in [9.17, 15) is 9.59 Å². The second-order valence-electron chi connectivity index (χ2n) is 6.02. The Kier molecular flexibility index (Phi) is 5.37. The molecule has 0 aromatic heterocycles. The second kappa shape index (κ2) is 7.25. The summed E-state index contributed by atoms with van der Waals surface area (Å²) in [5.41, 5.74) is 1.28. The zero-order valence-corrected chi connectivity index (χ0v) is 12.9. The van der Waals surface area contributed by atoms with Crippen molar-refractivity contribution in [3.63, 3.8) is 0 Å². The molecule has 0 bridgehead atoms. The minimum Gasteiger partial charge on any atom is -0.345 e. The molecule has 0 saturated heterocycles. The first-order chi connectivity index (χ1) is 10.1. The van der Waals surface area contributed by atoms with Crippen LogP contribution in [0.5, 0.6) is 0 Å². The van der Waals surface area contributed by atoms with E-state index >= 15 is 0 Å². The molecule has 4 heteroatoms. The number of anilines is 1. The van der Waals surface area contributed by atoms with Crippen LogP contribution in [0.25, 0.3) is 0 Å². The number of hydrogen-bond acceptors (Lipinski definition) is 2. The lowest BCUT2D eigenvalue weighted by Crippen LogP contribution is -2.22. The fourth-order valence-corrected chi connectivity index (χ4v) is 2.85. The first kappa shape index (κ1) is 15.5. The monoisotopic (exact) mass is 288 g/mol. The average molecular weight is 288 g/mol. The van der Waals surface area contributed by atoms with Gasteiger partial charge in [-0.1, -0.05) is 31.7 Å². The summed E-state index contributed by atoms with van der Waals surface area (Å²) >= 11 is 0. The molecule has 1 aliphatic carbocycles. The van der Waals surface area contributed by atoms with E-state index in [1.54, 1.807) is 32.3 Å². The predicted molar refractivity (Wildman–Crippen MR) is 84.3 cm³/mol. The second-order valence-corrected chi connectivity index (χ2v) is 6.02. The topological polar surface area (TPSA) is 49.4 Å². The highest BCUT2D eigenvalue weighted by Gasteiger charge is 2.16. The van der Waals surface area contributed by atoms with Crippen LogP contribution in [0.4, 0.5) is 5.69 Å². The molecule has 0 aliphatic heterocycles. The van der Waals surface area contributed by atoms with E-state index in [1.807, 2.05) is 6.07 Å². The fourth-order valence-electron chi connectivity index (χ4n) is 2.85. The summed E-state index contributed by atoms with van der Waals surface area (Å²) in [6, 6.07) is 7.11. The number of amides is 2. The van der Waals surface area contributed by atoms with E-state index in [-0.39, 0.29) is 11.8 Å². The van der Waals surface area contributed by atoms with Gasteiger partial charge in [-0.25, -0.2) is 0 Å². The predicted octanol–water partition coefficient (Wildman–Crippen LogP) is 3.30. The maximum atomic E-state index is 12.0. The Bertz CT molecular complexity index is 505. The molecular formula is C17H24N2O2. The maximum Gasteiger partial charge on any atom is 0.253 e. The molecule has 0 unspecified atom stereocenters. The summed E-state index contributed by atoms with van der Waals surface area (Å²) in [5.74, 6) is 0.700. The number of carbonyl (C=O) groups is 2. The number of rotatable bonds is 5. The molecule has 1 aromatic carbocycles. The van der Waals surface area contributed by atoms with Crippen LogP contribution in [0.3, 0.4) is 0 Å². The van der Waals surface area contributed by atoms with E-state index in [4.69, 9.17) is 0 Å². The normalized spacial score (nSPS) is 15.0. The minimum atomic E-state index is -0.0583. The van der Waals surface area contributed by atoms with E-state index in [1.165, 1.54) is 30.6 Å². The standard InChI is InChI=1S/C17H24N2O2/c1-19(2)17(21)14-8-5-9-15(12-14)18-16(20)11-10-13-6-3-4-7-13/h5,8-9,12-13H,3-4,6-7,10-11H2,1-2H3,(H,18,20). The summed E-state index contributed by atoms with van der Waals surface area (Å²) in [4.78, 5) is 25.4. The van der Waals surface area contributed by atoms with Crippen molar-refractivity contribution in [2.45, 2.75) is 38.5 Å². The third-order valence-corrected chi connectivity index (χ3v) is 4.05. The molecule has 1 fully saturated rings. The molecule has 0 radical (unpaired) electrons. The van der Waals surface area contributed by atoms with Crippen LogP contribution in [0.2, 0.25) is 0 Å². The summed E-state index contributed by atoms with van der Waals surface area (Å²) in [7, 11) is 3.43. The van der Waals surface area contributed by atoms with Gasteiger partial charge in [-0.2, -0.15) is 0 Å². The molecule has 0 heterocycles. The quantitative estimate of drug-likeness (QED) is 0.903. The van der Waals surface area contributed by atoms with Gasteiger partial charge in [-0.15, -0.1) is 0 Å². The molecule has 114 valence electrons. The van der Waals surface area contributed by atoms with Gasteiger partial charge in [-0.3, -0.25) is 9.59 Å². The minimum absolute atomic E-state index is 0.0383. The van der Waals surface area contributed by atoms with Gasteiger partial charge >= 0.3 is 0 Å². The van der Waals surface area contributed by atoms with Crippen LogP contribution in [0.15, 0.2) is 24.3 Å². The van der Waals surface area contributed by atoms with Crippen molar-refractivity contribution < 1.29 is 9.59 Å². The molecule has 0 spiro atoms. The average Bonchev–Trinajstić information content (AvgIpc) is 2.98. The molecule has 1 aromatic rings. The van der Waals surface area contributed by atoms with Gasteiger partial charge in [0.1, 0.15) is 0 Å². The van der Waals surface area contributed by atoms with Gasteiger partial charge in [0.15, 0.2) is 0 Å². The van der Waals surface area contributed by atoms with E-state index < -0.39 is 0 Å². The number of carbonyl (C=O) groups excluding carboxylic acids is 2. The first-order valence-electron chi connectivity index (χ1n) is 7.68. The van der Waals surface area contributed by atoms with Crippen molar-refractivity contribution in [3.05, 3.63) is 29.8 Å². The summed E-state index contributed by atoms with van der Waals surface area (Å²) in [6.45, 7) is 0. The molecule has 1 N–H and O–H groups in total. The zero-order valence-electron chi connectivity index (χ0n) is 12.9. The number of nitrogens with one attached hydrogen (secondary N) is 1. The van der Waals surface area contributed by atoms with E-state index in [2.05, 4.69) is 5.32 Å². The SMILES string of the molecule is CN(C)C(=O)c1cccc(NC(=O)CCC2CCCC2)c1. The highest BCUT2D eigenvalue weighted by Crippen LogP contribution is 2.28. The number of hydrogen-bond donors (Lipinski definition) is 1. The van der Waals surface area contributed by atoms with Gasteiger partial charge in [-0.05, 0) is 30.5 Å². The summed E-state index contributed by atoms with van der Waals surface area (Å²) in [6.07, 6.45) is 6.68. The largest absolute Gasteiger partial charge is 0.345 e. The smallest absolute Gasteiger partial charge is 0.253 e. The lowest BCUT2D eigenvalue weighted by atomic mass is 10.0. The Hall–Kier alpha value is -1.84. The van der Waals surface area contributed by atoms with Crippen molar-refractivity contribution >= 4 is 17.5 Å². The molecule has 1 saturated carbocycles. The van der Waals surface area contributed by atoms with Crippen molar-refractivity contribution in [2.75, 3.05) is 19.4 Å². The van der Waals surface area contributed by atoms with Crippen LogP contribution in [-0.4, -0.2) is 30.8 Å². The van der Waals surface area contributed by atoms with Gasteiger partial charge in [0.05, 0.1) is 0 Å². The molecule has 1 aliphatic rings. The highest BCUT2D eigenvalue weighted by atomic mass is 16.2. The first-order valence-corrected chi connectivity index (χ1v) is 7.68. The van der Waals surface area contributed by atoms with Crippen LogP contribution in [-0.2, 0) is 4.79 Å².